The predicted molar refractivity (Wildman–Crippen MR) is 71.4 cm³/mol. The summed E-state index contributed by atoms with van der Waals surface area (Å²) in [5, 5.41) is 0. The van der Waals surface area contributed by atoms with Crippen molar-refractivity contribution in [2.75, 3.05) is 19.6 Å². The van der Waals surface area contributed by atoms with Gasteiger partial charge >= 0.3 is 0 Å². The van der Waals surface area contributed by atoms with Crippen molar-refractivity contribution in [3.63, 3.8) is 0 Å². The number of hydrogen-bond donors (Lipinski definition) is 1. The van der Waals surface area contributed by atoms with Crippen LogP contribution in [0.2, 0.25) is 0 Å². The lowest BCUT2D eigenvalue weighted by Gasteiger charge is -2.18. The number of likely N-dealkylation sites (tertiary alicyclic amines) is 1. The molecule has 1 aromatic rings. The maximum atomic E-state index is 6.19. The minimum atomic E-state index is 0.165. The van der Waals surface area contributed by atoms with E-state index < -0.39 is 0 Å². The first-order chi connectivity index (χ1) is 7.75. The number of rotatable bonds is 4. The molecule has 1 fully saturated rings. The van der Waals surface area contributed by atoms with Gasteiger partial charge in [0.05, 0.1) is 0 Å². The third-order valence-corrected chi connectivity index (χ3v) is 3.73. The molecule has 1 aromatic carbocycles. The fourth-order valence-corrected chi connectivity index (χ4v) is 2.65. The Labute approximate surface area is 106 Å². The maximum absolute atomic E-state index is 6.19. The molecule has 0 radical (unpaired) electrons. The van der Waals surface area contributed by atoms with E-state index in [1.54, 1.807) is 0 Å². The van der Waals surface area contributed by atoms with Crippen LogP contribution < -0.4 is 5.73 Å². The van der Waals surface area contributed by atoms with E-state index in [4.69, 9.17) is 5.73 Å². The summed E-state index contributed by atoms with van der Waals surface area (Å²) in [4.78, 5) is 2.51. The second kappa shape index (κ2) is 5.80. The molecule has 1 saturated heterocycles. The van der Waals surface area contributed by atoms with Crippen molar-refractivity contribution in [2.24, 2.45) is 5.73 Å². The van der Waals surface area contributed by atoms with Crippen molar-refractivity contribution >= 4 is 15.9 Å². The van der Waals surface area contributed by atoms with Gasteiger partial charge in [-0.25, -0.2) is 0 Å². The molecule has 0 saturated carbocycles. The van der Waals surface area contributed by atoms with E-state index in [1.807, 2.05) is 6.07 Å². The molecule has 0 bridgehead atoms. The third kappa shape index (κ3) is 3.30. The van der Waals surface area contributed by atoms with Crippen molar-refractivity contribution in [3.05, 3.63) is 34.3 Å². The monoisotopic (exact) mass is 282 g/mol. The smallest absolute Gasteiger partial charge is 0.0307 e. The highest BCUT2D eigenvalue weighted by atomic mass is 79.9. The van der Waals surface area contributed by atoms with Crippen LogP contribution in [0.25, 0.3) is 0 Å². The zero-order valence-corrected chi connectivity index (χ0v) is 11.1. The summed E-state index contributed by atoms with van der Waals surface area (Å²) in [6, 6.07) is 8.48. The van der Waals surface area contributed by atoms with E-state index in [2.05, 4.69) is 39.0 Å². The van der Waals surface area contributed by atoms with Crippen LogP contribution in [0.3, 0.4) is 0 Å². The van der Waals surface area contributed by atoms with Crippen molar-refractivity contribution < 1.29 is 0 Å². The summed E-state index contributed by atoms with van der Waals surface area (Å²) >= 11 is 3.48. The second-order valence-electron chi connectivity index (χ2n) is 4.50. The topological polar surface area (TPSA) is 29.3 Å². The Hall–Kier alpha value is -0.380. The van der Waals surface area contributed by atoms with Crippen molar-refractivity contribution in [2.45, 2.75) is 25.3 Å². The van der Waals surface area contributed by atoms with Crippen molar-refractivity contribution in [1.82, 2.24) is 4.90 Å². The highest BCUT2D eigenvalue weighted by molar-refractivity contribution is 9.10. The minimum Gasteiger partial charge on any atom is -0.324 e. The Bertz CT molecular complexity index is 334. The Balaban J connectivity index is 1.85. The van der Waals surface area contributed by atoms with Gasteiger partial charge in [0.15, 0.2) is 0 Å². The lowest BCUT2D eigenvalue weighted by molar-refractivity contribution is 0.322. The van der Waals surface area contributed by atoms with Crippen LogP contribution in [0.4, 0.5) is 0 Å². The summed E-state index contributed by atoms with van der Waals surface area (Å²) < 4.78 is 1.11. The molecule has 0 spiro atoms. The van der Waals surface area contributed by atoms with Crippen LogP contribution in [-0.4, -0.2) is 24.5 Å². The molecular formula is C13H19BrN2. The predicted octanol–water partition coefficient (Wildman–Crippen LogP) is 2.93. The molecule has 1 unspecified atom stereocenters. The van der Waals surface area contributed by atoms with Gasteiger partial charge in [0.1, 0.15) is 0 Å². The molecule has 0 amide bonds. The lowest BCUT2D eigenvalue weighted by Crippen LogP contribution is -2.24. The molecule has 2 N–H and O–H groups in total. The van der Waals surface area contributed by atoms with Gasteiger partial charge in [0, 0.05) is 10.5 Å². The van der Waals surface area contributed by atoms with Gasteiger partial charge in [-0.3, -0.25) is 0 Å². The first-order valence-corrected chi connectivity index (χ1v) is 6.78. The van der Waals surface area contributed by atoms with Crippen LogP contribution >= 0.6 is 15.9 Å². The zero-order valence-electron chi connectivity index (χ0n) is 9.53. The second-order valence-corrected chi connectivity index (χ2v) is 5.41. The van der Waals surface area contributed by atoms with E-state index in [0.29, 0.717) is 0 Å². The van der Waals surface area contributed by atoms with Gasteiger partial charge in [0.25, 0.3) is 0 Å². The third-order valence-electron chi connectivity index (χ3n) is 3.23. The van der Waals surface area contributed by atoms with Crippen LogP contribution in [0.15, 0.2) is 28.7 Å². The number of nitrogens with zero attached hydrogens (tertiary/aromatic N) is 1. The molecule has 0 aromatic heterocycles. The fourth-order valence-electron chi connectivity index (χ4n) is 2.23. The van der Waals surface area contributed by atoms with E-state index in [-0.39, 0.29) is 6.04 Å². The van der Waals surface area contributed by atoms with E-state index >= 15 is 0 Å². The Morgan fingerprint density at radius 3 is 2.75 bits per heavy atom. The van der Waals surface area contributed by atoms with Crippen LogP contribution in [0.1, 0.15) is 30.9 Å². The molecule has 2 nitrogen and oxygen atoms in total. The first kappa shape index (κ1) is 12.1. The first-order valence-electron chi connectivity index (χ1n) is 5.99. The average Bonchev–Trinajstić information content (AvgIpc) is 2.78. The normalized spacial score (nSPS) is 18.9. The zero-order chi connectivity index (χ0) is 11.4. The standard InChI is InChI=1S/C13H19BrN2/c14-12-5-3-4-11(10-12)13(15)6-9-16-7-1-2-8-16/h3-5,10,13H,1-2,6-9,15H2. The summed E-state index contributed by atoms with van der Waals surface area (Å²) in [5.74, 6) is 0. The summed E-state index contributed by atoms with van der Waals surface area (Å²) in [6.07, 6.45) is 3.76. The largest absolute Gasteiger partial charge is 0.324 e. The molecule has 16 heavy (non-hydrogen) atoms. The molecule has 2 rings (SSSR count). The Kier molecular flexibility index (Phi) is 4.38. The van der Waals surface area contributed by atoms with Crippen LogP contribution in [-0.2, 0) is 0 Å². The lowest BCUT2D eigenvalue weighted by atomic mass is 10.0. The van der Waals surface area contributed by atoms with E-state index in [1.165, 1.54) is 31.5 Å². The molecular weight excluding hydrogens is 264 g/mol. The van der Waals surface area contributed by atoms with Crippen molar-refractivity contribution in [3.8, 4) is 0 Å². The van der Waals surface area contributed by atoms with E-state index in [0.717, 1.165) is 17.4 Å². The Morgan fingerprint density at radius 2 is 2.06 bits per heavy atom. The molecule has 1 aliphatic heterocycles. The van der Waals surface area contributed by atoms with Gasteiger partial charge in [-0.15, -0.1) is 0 Å². The fraction of sp³-hybridized carbons (Fsp3) is 0.538. The highest BCUT2D eigenvalue weighted by Crippen LogP contribution is 2.19. The van der Waals surface area contributed by atoms with Crippen molar-refractivity contribution in [1.29, 1.82) is 0 Å². The number of halogens is 1. The molecule has 1 heterocycles. The molecule has 1 aliphatic rings. The highest BCUT2D eigenvalue weighted by Gasteiger charge is 2.13. The minimum absolute atomic E-state index is 0.165. The number of benzene rings is 1. The summed E-state index contributed by atoms with van der Waals surface area (Å²) in [5.41, 5.74) is 7.42. The van der Waals surface area contributed by atoms with Crippen LogP contribution in [0, 0.1) is 0 Å². The summed E-state index contributed by atoms with van der Waals surface area (Å²) in [7, 11) is 0. The molecule has 1 atom stereocenters. The quantitative estimate of drug-likeness (QED) is 0.920. The number of nitrogens with two attached hydrogens (primary N) is 1. The van der Waals surface area contributed by atoms with Gasteiger partial charge < -0.3 is 10.6 Å². The molecule has 0 aliphatic carbocycles. The molecule has 88 valence electrons. The van der Waals surface area contributed by atoms with Gasteiger partial charge in [-0.05, 0) is 56.6 Å². The van der Waals surface area contributed by atoms with E-state index in [9.17, 15) is 0 Å². The van der Waals surface area contributed by atoms with Gasteiger partial charge in [-0.2, -0.15) is 0 Å². The average molecular weight is 283 g/mol. The summed E-state index contributed by atoms with van der Waals surface area (Å²) in [6.45, 7) is 3.64. The van der Waals surface area contributed by atoms with Gasteiger partial charge in [0.2, 0.25) is 0 Å². The molecule has 3 heteroatoms. The van der Waals surface area contributed by atoms with Crippen LogP contribution in [0.5, 0.6) is 0 Å². The maximum Gasteiger partial charge on any atom is 0.0307 e. The van der Waals surface area contributed by atoms with Gasteiger partial charge in [-0.1, -0.05) is 28.1 Å². The Morgan fingerprint density at radius 1 is 1.31 bits per heavy atom. The number of hydrogen-bond acceptors (Lipinski definition) is 2. The SMILES string of the molecule is NC(CCN1CCCC1)c1cccc(Br)c1.